The first-order valence-electron chi connectivity index (χ1n) is 6.26. The maximum Gasteiger partial charge on any atom is 0.147 e. The number of anilines is 1. The molecule has 0 atom stereocenters. The summed E-state index contributed by atoms with van der Waals surface area (Å²) in [6, 6.07) is 0.359. The molecule has 0 saturated carbocycles. The van der Waals surface area contributed by atoms with Crippen molar-refractivity contribution in [1.82, 2.24) is 19.7 Å². The van der Waals surface area contributed by atoms with Crippen LogP contribution in [0.15, 0.2) is 0 Å². The molecule has 2 rings (SSSR count). The quantitative estimate of drug-likeness (QED) is 0.876. The number of H-pyrrole nitrogens is 1. The van der Waals surface area contributed by atoms with Crippen molar-refractivity contribution < 1.29 is 0 Å². The second-order valence-electron chi connectivity index (χ2n) is 4.89. The van der Waals surface area contributed by atoms with Gasteiger partial charge < -0.3 is 10.3 Å². The predicted octanol–water partition coefficient (Wildman–Crippen LogP) is 2.82. The van der Waals surface area contributed by atoms with Crippen LogP contribution in [0.5, 0.6) is 0 Å². The van der Waals surface area contributed by atoms with Crippen LogP contribution in [0.3, 0.4) is 0 Å². The van der Waals surface area contributed by atoms with E-state index in [-0.39, 0.29) is 0 Å². The first-order valence-corrected chi connectivity index (χ1v) is 6.26. The molecule has 0 aliphatic rings. The third-order valence-corrected chi connectivity index (χ3v) is 3.17. The van der Waals surface area contributed by atoms with Gasteiger partial charge in [-0.25, -0.2) is 4.98 Å². The highest BCUT2D eigenvalue weighted by molar-refractivity contribution is 5.64. The normalized spacial score (nSPS) is 11.3. The standard InChI is InChI=1S/C13H21N5/c1-7(2)18-10(5)11(8(3)17-18)13-15-9(4)12(14-6)16-13/h7,14H,1-6H3,(H,15,16). The minimum Gasteiger partial charge on any atom is -0.372 e. The van der Waals surface area contributed by atoms with Crippen LogP contribution in [0.4, 0.5) is 5.82 Å². The summed E-state index contributed by atoms with van der Waals surface area (Å²) < 4.78 is 2.04. The number of hydrogen-bond acceptors (Lipinski definition) is 3. The van der Waals surface area contributed by atoms with Crippen LogP contribution in [0.25, 0.3) is 11.4 Å². The highest BCUT2D eigenvalue weighted by Gasteiger charge is 2.18. The lowest BCUT2D eigenvalue weighted by Gasteiger charge is -2.07. The largest absolute Gasteiger partial charge is 0.372 e. The molecule has 0 bridgehead atoms. The second-order valence-corrected chi connectivity index (χ2v) is 4.89. The molecule has 18 heavy (non-hydrogen) atoms. The average molecular weight is 247 g/mol. The van der Waals surface area contributed by atoms with Crippen molar-refractivity contribution in [3.63, 3.8) is 0 Å². The molecule has 0 aliphatic heterocycles. The number of aromatic amines is 1. The number of nitrogens with zero attached hydrogens (tertiary/aromatic N) is 3. The molecule has 0 aromatic carbocycles. The van der Waals surface area contributed by atoms with Crippen molar-refractivity contribution in [2.75, 3.05) is 12.4 Å². The van der Waals surface area contributed by atoms with Crippen LogP contribution in [0.2, 0.25) is 0 Å². The molecule has 5 nitrogen and oxygen atoms in total. The summed E-state index contributed by atoms with van der Waals surface area (Å²) in [5, 5.41) is 7.67. The molecule has 98 valence electrons. The van der Waals surface area contributed by atoms with E-state index in [1.54, 1.807) is 0 Å². The summed E-state index contributed by atoms with van der Waals surface area (Å²) >= 11 is 0. The Morgan fingerprint density at radius 1 is 1.22 bits per heavy atom. The minimum absolute atomic E-state index is 0.359. The zero-order chi connectivity index (χ0) is 13.4. The van der Waals surface area contributed by atoms with Gasteiger partial charge in [-0.2, -0.15) is 5.10 Å². The zero-order valence-corrected chi connectivity index (χ0v) is 11.9. The highest BCUT2D eigenvalue weighted by atomic mass is 15.3. The van der Waals surface area contributed by atoms with Gasteiger partial charge in [0.25, 0.3) is 0 Å². The Hall–Kier alpha value is -1.78. The number of aryl methyl sites for hydroxylation is 2. The van der Waals surface area contributed by atoms with Gasteiger partial charge in [0.2, 0.25) is 0 Å². The number of imidazole rings is 1. The van der Waals surface area contributed by atoms with Gasteiger partial charge in [-0.3, -0.25) is 4.68 Å². The van der Waals surface area contributed by atoms with Gasteiger partial charge in [0.1, 0.15) is 11.6 Å². The Balaban J connectivity index is 2.56. The van der Waals surface area contributed by atoms with Gasteiger partial charge in [-0.1, -0.05) is 0 Å². The van der Waals surface area contributed by atoms with Crippen LogP contribution < -0.4 is 5.32 Å². The van der Waals surface area contributed by atoms with E-state index < -0.39 is 0 Å². The molecule has 0 aliphatic carbocycles. The fourth-order valence-electron chi connectivity index (χ4n) is 2.33. The van der Waals surface area contributed by atoms with Crippen LogP contribution >= 0.6 is 0 Å². The van der Waals surface area contributed by atoms with Gasteiger partial charge in [0.05, 0.1) is 17.0 Å². The maximum absolute atomic E-state index is 4.59. The maximum atomic E-state index is 4.59. The van der Waals surface area contributed by atoms with Crippen molar-refractivity contribution in [1.29, 1.82) is 0 Å². The Labute approximate surface area is 108 Å². The summed E-state index contributed by atoms with van der Waals surface area (Å²) in [6.45, 7) is 10.4. The molecule has 0 spiro atoms. The summed E-state index contributed by atoms with van der Waals surface area (Å²) in [5.41, 5.74) is 4.31. The van der Waals surface area contributed by atoms with E-state index >= 15 is 0 Å². The lowest BCUT2D eigenvalue weighted by molar-refractivity contribution is 0.516. The van der Waals surface area contributed by atoms with Crippen molar-refractivity contribution in [3.05, 3.63) is 17.1 Å². The topological polar surface area (TPSA) is 58.5 Å². The molecular weight excluding hydrogens is 226 g/mol. The van der Waals surface area contributed by atoms with Gasteiger partial charge in [-0.15, -0.1) is 0 Å². The van der Waals surface area contributed by atoms with Crippen LogP contribution in [0.1, 0.15) is 37.0 Å². The van der Waals surface area contributed by atoms with Gasteiger partial charge in [0, 0.05) is 18.8 Å². The fourth-order valence-corrected chi connectivity index (χ4v) is 2.33. The van der Waals surface area contributed by atoms with Crippen molar-refractivity contribution in [3.8, 4) is 11.4 Å². The van der Waals surface area contributed by atoms with Crippen LogP contribution in [-0.4, -0.2) is 26.8 Å². The summed E-state index contributed by atoms with van der Waals surface area (Å²) in [7, 11) is 1.88. The molecular formula is C13H21N5. The Bertz CT molecular complexity index is 562. The first-order chi connectivity index (χ1) is 8.45. The Kier molecular flexibility index (Phi) is 3.15. The fraction of sp³-hybridized carbons (Fsp3) is 0.538. The average Bonchev–Trinajstić information content (AvgIpc) is 2.79. The molecule has 0 radical (unpaired) electrons. The van der Waals surface area contributed by atoms with Crippen LogP contribution in [-0.2, 0) is 0 Å². The Morgan fingerprint density at radius 3 is 2.33 bits per heavy atom. The van der Waals surface area contributed by atoms with Crippen molar-refractivity contribution >= 4 is 5.82 Å². The lowest BCUT2D eigenvalue weighted by atomic mass is 10.2. The van der Waals surface area contributed by atoms with E-state index in [1.165, 1.54) is 0 Å². The highest BCUT2D eigenvalue weighted by Crippen LogP contribution is 2.28. The molecule has 2 N–H and O–H groups in total. The van der Waals surface area contributed by atoms with Crippen LogP contribution in [0, 0.1) is 20.8 Å². The van der Waals surface area contributed by atoms with Gasteiger partial charge in [0.15, 0.2) is 0 Å². The lowest BCUT2D eigenvalue weighted by Crippen LogP contribution is -2.04. The third kappa shape index (κ3) is 1.89. The SMILES string of the molecule is CNc1nc(-c2c(C)nn(C(C)C)c2C)[nH]c1C. The number of aromatic nitrogens is 4. The van der Waals surface area contributed by atoms with E-state index in [4.69, 9.17) is 0 Å². The summed E-state index contributed by atoms with van der Waals surface area (Å²) in [5.74, 6) is 1.78. The van der Waals surface area contributed by atoms with Gasteiger partial charge in [-0.05, 0) is 34.6 Å². The number of rotatable bonds is 3. The van der Waals surface area contributed by atoms with Crippen molar-refractivity contribution in [2.24, 2.45) is 0 Å². The minimum atomic E-state index is 0.359. The van der Waals surface area contributed by atoms with E-state index in [1.807, 2.05) is 25.6 Å². The Morgan fingerprint density at radius 2 is 1.89 bits per heavy atom. The van der Waals surface area contributed by atoms with E-state index in [0.29, 0.717) is 6.04 Å². The number of nitrogens with one attached hydrogen (secondary N) is 2. The van der Waals surface area contributed by atoms with E-state index in [0.717, 1.165) is 34.3 Å². The van der Waals surface area contributed by atoms with Gasteiger partial charge >= 0.3 is 0 Å². The molecule has 0 unspecified atom stereocenters. The number of hydrogen-bond donors (Lipinski definition) is 2. The summed E-state index contributed by atoms with van der Waals surface area (Å²) in [6.07, 6.45) is 0. The smallest absolute Gasteiger partial charge is 0.147 e. The molecule has 2 aromatic heterocycles. The molecule has 5 heteroatoms. The van der Waals surface area contributed by atoms with E-state index in [9.17, 15) is 0 Å². The summed E-state index contributed by atoms with van der Waals surface area (Å²) in [4.78, 5) is 7.89. The second kappa shape index (κ2) is 4.48. The zero-order valence-electron chi connectivity index (χ0n) is 11.9. The molecule has 2 aromatic rings. The van der Waals surface area contributed by atoms with Crippen molar-refractivity contribution in [2.45, 2.75) is 40.7 Å². The third-order valence-electron chi connectivity index (χ3n) is 3.17. The monoisotopic (exact) mass is 247 g/mol. The first kappa shape index (κ1) is 12.7. The molecule has 0 amide bonds. The predicted molar refractivity (Wildman–Crippen MR) is 74.0 cm³/mol. The molecule has 2 heterocycles. The molecule has 0 saturated heterocycles. The molecule has 0 fully saturated rings. The van der Waals surface area contributed by atoms with E-state index in [2.05, 4.69) is 41.2 Å².